The maximum Gasteiger partial charge on any atom is 0.253 e. The van der Waals surface area contributed by atoms with Crippen molar-refractivity contribution in [2.75, 3.05) is 63.8 Å². The number of likely N-dealkylation sites (tertiary alicyclic amines) is 1. The minimum atomic E-state index is -0.896. The van der Waals surface area contributed by atoms with Crippen LogP contribution in [0.5, 0.6) is 5.75 Å². The van der Waals surface area contributed by atoms with E-state index < -0.39 is 23.6 Å². The van der Waals surface area contributed by atoms with E-state index in [1.165, 1.54) is 4.90 Å². The number of aliphatic hydroxyl groups excluding tert-OH is 1. The fraction of sp³-hybridized carbons (Fsp3) is 0.554. The predicted octanol–water partition coefficient (Wildman–Crippen LogP) is 6.85. The van der Waals surface area contributed by atoms with Crippen molar-refractivity contribution >= 4 is 52.4 Å². The van der Waals surface area contributed by atoms with Crippen LogP contribution >= 0.6 is 22.9 Å². The van der Waals surface area contributed by atoms with Crippen molar-refractivity contribution < 1.29 is 29.0 Å². The van der Waals surface area contributed by atoms with Crippen LogP contribution in [0, 0.1) is 40.4 Å². The summed E-state index contributed by atoms with van der Waals surface area (Å²) in [6.07, 6.45) is 2.77. The number of benzene rings is 2. The van der Waals surface area contributed by atoms with Crippen LogP contribution in [0.1, 0.15) is 108 Å². The number of thiazole rings is 1. The van der Waals surface area contributed by atoms with Crippen LogP contribution in [0.25, 0.3) is 10.4 Å². The summed E-state index contributed by atoms with van der Waals surface area (Å²) in [6.45, 7) is 23.9. The van der Waals surface area contributed by atoms with Gasteiger partial charge >= 0.3 is 0 Å². The SMILES string of the molecule is Cc1ncsc1-c1ccc([C@H](C)NC(=O)C2C[C@@H](O)CN2C(=O)[C@@H](NC(=O)CN2CCN(CC3CCN(c4ccc(C(=O)NC5C(C)(C)C(Oc6ccc(C#N)c(Cl)c6)C5(C)C)cn4)CC3)CC2)C(C)(C)C)cc1. The van der Waals surface area contributed by atoms with Crippen LogP contribution in [0.4, 0.5) is 5.82 Å². The molecule has 3 saturated heterocycles. The molecule has 16 nitrogen and oxygen atoms in total. The second-order valence-corrected chi connectivity index (χ2v) is 24.4. The van der Waals surface area contributed by atoms with Crippen LogP contribution in [0.15, 0.2) is 66.3 Å². The monoisotopic (exact) mass is 1050 g/mol. The number of rotatable bonds is 15. The molecule has 2 aromatic heterocycles. The number of nitriles is 1. The zero-order valence-corrected chi connectivity index (χ0v) is 45.9. The number of anilines is 1. The molecule has 4 amide bonds. The van der Waals surface area contributed by atoms with Crippen molar-refractivity contribution in [3.8, 4) is 22.3 Å². The number of hydrogen-bond donors (Lipinski definition) is 4. The average molecular weight is 1050 g/mol. The Hall–Kier alpha value is -5.64. The number of hydrogen-bond acceptors (Lipinski definition) is 13. The highest BCUT2D eigenvalue weighted by molar-refractivity contribution is 7.13. The van der Waals surface area contributed by atoms with Crippen molar-refractivity contribution in [3.05, 3.63) is 93.7 Å². The zero-order chi connectivity index (χ0) is 53.3. The smallest absolute Gasteiger partial charge is 0.253 e. The van der Waals surface area contributed by atoms with Crippen molar-refractivity contribution in [2.45, 2.75) is 118 Å². The van der Waals surface area contributed by atoms with E-state index in [9.17, 15) is 29.5 Å². The Morgan fingerprint density at radius 1 is 0.932 bits per heavy atom. The first-order chi connectivity index (χ1) is 35.0. The molecule has 1 saturated carbocycles. The van der Waals surface area contributed by atoms with Gasteiger partial charge in [0, 0.05) is 87.9 Å². The van der Waals surface area contributed by atoms with Gasteiger partial charge in [-0.2, -0.15) is 5.26 Å². The quantitative estimate of drug-likeness (QED) is 0.0968. The number of pyridine rings is 1. The summed E-state index contributed by atoms with van der Waals surface area (Å²) in [4.78, 5) is 73.8. The van der Waals surface area contributed by atoms with Crippen molar-refractivity contribution in [3.63, 3.8) is 0 Å². The molecule has 0 radical (unpaired) electrons. The molecule has 3 aliphatic heterocycles. The van der Waals surface area contributed by atoms with Gasteiger partial charge in [-0.05, 0) is 73.4 Å². The Balaban J connectivity index is 0.758. The molecule has 0 bridgehead atoms. The van der Waals surface area contributed by atoms with Crippen LogP contribution in [-0.4, -0.2) is 143 Å². The molecule has 4 aliphatic rings. The third kappa shape index (κ3) is 12.1. The van der Waals surface area contributed by atoms with Gasteiger partial charge in [0.25, 0.3) is 5.91 Å². The number of ether oxygens (including phenoxy) is 1. The molecule has 2 aromatic carbocycles. The van der Waals surface area contributed by atoms with Crippen LogP contribution in [0.3, 0.4) is 0 Å². The number of carbonyl (C=O) groups excluding carboxylic acids is 4. The molecule has 1 aliphatic carbocycles. The second kappa shape index (κ2) is 22.3. The molecule has 18 heteroatoms. The normalized spacial score (nSPS) is 23.0. The van der Waals surface area contributed by atoms with Gasteiger partial charge in [-0.1, -0.05) is 84.3 Å². The van der Waals surface area contributed by atoms with E-state index in [0.29, 0.717) is 27.8 Å². The summed E-state index contributed by atoms with van der Waals surface area (Å²) in [5.74, 6) is 0.833. The Labute approximate surface area is 445 Å². The summed E-state index contributed by atoms with van der Waals surface area (Å²) in [5.41, 5.74) is 4.25. The number of amides is 4. The molecule has 0 spiro atoms. The number of piperazine rings is 1. The molecular weight excluding hydrogens is 976 g/mol. The van der Waals surface area contributed by atoms with E-state index >= 15 is 0 Å². The number of β-amino-alcohol motifs (C(OH)–C–C–N with tert-alkyl or cyclic N) is 1. The topological polar surface area (TPSA) is 196 Å². The van der Waals surface area contributed by atoms with Gasteiger partial charge in [0.05, 0.1) is 50.9 Å². The highest BCUT2D eigenvalue weighted by atomic mass is 35.5. The Kier molecular flexibility index (Phi) is 16.5. The molecule has 5 heterocycles. The molecule has 4 aromatic rings. The first-order valence-corrected chi connectivity index (χ1v) is 27.2. The number of aliphatic hydroxyl groups is 1. The summed E-state index contributed by atoms with van der Waals surface area (Å²) in [6, 6.07) is 16.7. The number of piperidine rings is 1. The lowest BCUT2D eigenvalue weighted by molar-refractivity contribution is -0.164. The number of carbonyl (C=O) groups is 4. The van der Waals surface area contributed by atoms with E-state index in [0.717, 1.165) is 86.2 Å². The maximum atomic E-state index is 14.3. The average Bonchev–Trinajstić information content (AvgIpc) is 3.99. The lowest BCUT2D eigenvalue weighted by Crippen LogP contribution is -2.74. The van der Waals surface area contributed by atoms with Crippen molar-refractivity contribution in [2.24, 2.45) is 22.2 Å². The Bertz CT molecular complexity index is 2690. The number of nitrogens with one attached hydrogen (secondary N) is 3. The van der Waals surface area contributed by atoms with Gasteiger partial charge in [0.1, 0.15) is 35.8 Å². The van der Waals surface area contributed by atoms with E-state index in [1.807, 2.05) is 76.5 Å². The standard InChI is InChI=1S/C56H73ClN10O6S/c1-34(37-10-12-38(13-11-37)47-35(2)60-33-74-47)61-50(71)44-26-41(68)31-67(44)51(72)48(54(3,4)5)62-46(69)32-65-24-22-64(23-25-65)30-36-18-20-66(21-19-36)45-17-15-40(29-59-45)49(70)63-52-55(6,7)53(56(52,8)9)73-42-16-14-39(28-58)43(57)27-42/h10-17,27,29,33-34,36,41,44,48,52-53,68H,18-26,30-32H2,1-9H3,(H,61,71)(H,62,69)(H,63,70)/t34-,41+,44?,48+,52?,53?/m0/s1. The Morgan fingerprint density at radius 3 is 2.20 bits per heavy atom. The Morgan fingerprint density at radius 2 is 1.61 bits per heavy atom. The predicted molar refractivity (Wildman–Crippen MR) is 288 cm³/mol. The van der Waals surface area contributed by atoms with E-state index in [4.69, 9.17) is 21.3 Å². The van der Waals surface area contributed by atoms with E-state index in [2.05, 4.69) is 69.4 Å². The van der Waals surface area contributed by atoms with E-state index in [1.54, 1.807) is 35.7 Å². The second-order valence-electron chi connectivity index (χ2n) is 23.1. The number of aryl methyl sites for hydroxylation is 1. The first-order valence-electron chi connectivity index (χ1n) is 25.9. The molecule has 8 rings (SSSR count). The summed E-state index contributed by atoms with van der Waals surface area (Å²) < 4.78 is 6.39. The molecule has 4 fully saturated rings. The summed E-state index contributed by atoms with van der Waals surface area (Å²) in [7, 11) is 0. The molecule has 1 unspecified atom stereocenters. The first kappa shape index (κ1) is 54.6. The largest absolute Gasteiger partial charge is 0.489 e. The van der Waals surface area contributed by atoms with Crippen LogP contribution in [0.2, 0.25) is 5.02 Å². The van der Waals surface area contributed by atoms with Gasteiger partial charge in [-0.3, -0.25) is 24.1 Å². The highest BCUT2D eigenvalue weighted by Gasteiger charge is 2.64. The highest BCUT2D eigenvalue weighted by Crippen LogP contribution is 2.55. The molecule has 4 atom stereocenters. The van der Waals surface area contributed by atoms with Crippen molar-refractivity contribution in [1.82, 2.24) is 40.6 Å². The van der Waals surface area contributed by atoms with Crippen LogP contribution < -0.4 is 25.6 Å². The minimum Gasteiger partial charge on any atom is -0.489 e. The van der Waals surface area contributed by atoms with Crippen molar-refractivity contribution in [1.29, 1.82) is 5.26 Å². The van der Waals surface area contributed by atoms with Gasteiger partial charge in [-0.15, -0.1) is 11.3 Å². The lowest BCUT2D eigenvalue weighted by Gasteiger charge is -2.63. The van der Waals surface area contributed by atoms with Gasteiger partial charge in [-0.25, -0.2) is 9.97 Å². The van der Waals surface area contributed by atoms with E-state index in [-0.39, 0.29) is 72.2 Å². The fourth-order valence-electron chi connectivity index (χ4n) is 11.8. The number of aromatic nitrogens is 2. The lowest BCUT2D eigenvalue weighted by atomic mass is 9.49. The third-order valence-electron chi connectivity index (χ3n) is 15.8. The van der Waals surface area contributed by atoms with Gasteiger partial charge < -0.3 is 40.5 Å². The molecular formula is C56H73ClN10O6S. The third-order valence-corrected chi connectivity index (χ3v) is 17.1. The number of halogens is 1. The van der Waals surface area contributed by atoms with Gasteiger partial charge in [0.15, 0.2) is 0 Å². The minimum absolute atomic E-state index is 0.0139. The molecule has 396 valence electrons. The molecule has 4 N–H and O–H groups in total. The molecule has 74 heavy (non-hydrogen) atoms. The van der Waals surface area contributed by atoms with Gasteiger partial charge in [0.2, 0.25) is 17.7 Å². The fourth-order valence-corrected chi connectivity index (χ4v) is 12.8. The van der Waals surface area contributed by atoms with Crippen LogP contribution in [-0.2, 0) is 14.4 Å². The summed E-state index contributed by atoms with van der Waals surface area (Å²) in [5, 5.41) is 29.7. The maximum absolute atomic E-state index is 14.3. The summed E-state index contributed by atoms with van der Waals surface area (Å²) >= 11 is 7.85. The zero-order valence-electron chi connectivity index (χ0n) is 44.3. The number of nitrogens with zero attached hydrogens (tertiary/aromatic N) is 7.